The third-order valence-electron chi connectivity index (χ3n) is 3.43. The SMILES string of the molecule is CCOC(=O)c1cnc(/C=C\C(=N)N2CCCC2C(F)(F)F)[nH]1. The molecule has 0 radical (unpaired) electrons. The molecule has 23 heavy (non-hydrogen) atoms. The molecule has 2 N–H and O–H groups in total. The van der Waals surface area contributed by atoms with E-state index in [2.05, 4.69) is 9.97 Å². The summed E-state index contributed by atoms with van der Waals surface area (Å²) in [7, 11) is 0. The van der Waals surface area contributed by atoms with Gasteiger partial charge in [-0.1, -0.05) is 0 Å². The van der Waals surface area contributed by atoms with E-state index in [1.165, 1.54) is 18.3 Å². The number of aromatic nitrogens is 2. The zero-order valence-corrected chi connectivity index (χ0v) is 12.5. The fourth-order valence-electron chi connectivity index (χ4n) is 2.38. The van der Waals surface area contributed by atoms with Gasteiger partial charge in [-0.05, 0) is 31.9 Å². The van der Waals surface area contributed by atoms with Gasteiger partial charge in [-0.15, -0.1) is 0 Å². The number of alkyl halides is 3. The minimum atomic E-state index is -4.35. The molecule has 9 heteroatoms. The van der Waals surface area contributed by atoms with E-state index in [0.29, 0.717) is 6.42 Å². The molecular formula is C14H17F3N4O2. The molecule has 1 saturated heterocycles. The Morgan fingerprint density at radius 2 is 2.35 bits per heavy atom. The number of nitrogens with zero attached hydrogens (tertiary/aromatic N) is 2. The average molecular weight is 330 g/mol. The second-order valence-corrected chi connectivity index (χ2v) is 5.01. The minimum absolute atomic E-state index is 0.00647. The largest absolute Gasteiger partial charge is 0.461 e. The summed E-state index contributed by atoms with van der Waals surface area (Å²) in [6, 6.07) is -1.62. The Morgan fingerprint density at radius 3 is 3.00 bits per heavy atom. The quantitative estimate of drug-likeness (QED) is 0.505. The van der Waals surface area contributed by atoms with Gasteiger partial charge >= 0.3 is 12.1 Å². The van der Waals surface area contributed by atoms with Crippen LogP contribution >= 0.6 is 0 Å². The maximum atomic E-state index is 12.9. The minimum Gasteiger partial charge on any atom is -0.461 e. The van der Waals surface area contributed by atoms with Crippen molar-refractivity contribution < 1.29 is 22.7 Å². The number of carbonyl (C=O) groups excluding carboxylic acids is 1. The number of imidazole rings is 1. The summed E-state index contributed by atoms with van der Waals surface area (Å²) >= 11 is 0. The molecule has 0 aliphatic carbocycles. The number of amidine groups is 1. The first-order valence-corrected chi connectivity index (χ1v) is 7.15. The van der Waals surface area contributed by atoms with Gasteiger partial charge in [0.15, 0.2) is 0 Å². The lowest BCUT2D eigenvalue weighted by Gasteiger charge is -2.27. The molecular weight excluding hydrogens is 313 g/mol. The van der Waals surface area contributed by atoms with Crippen LogP contribution in [-0.2, 0) is 4.74 Å². The van der Waals surface area contributed by atoms with Crippen molar-refractivity contribution in [3.8, 4) is 0 Å². The molecule has 1 aliphatic heterocycles. The Hall–Kier alpha value is -2.32. The molecule has 0 amide bonds. The Labute approximate surface area is 130 Å². The number of rotatable bonds is 4. The van der Waals surface area contributed by atoms with Crippen molar-refractivity contribution in [3.05, 3.63) is 23.8 Å². The highest BCUT2D eigenvalue weighted by Crippen LogP contribution is 2.32. The summed E-state index contributed by atoms with van der Waals surface area (Å²) in [4.78, 5) is 19.1. The fourth-order valence-corrected chi connectivity index (χ4v) is 2.38. The third-order valence-corrected chi connectivity index (χ3v) is 3.43. The van der Waals surface area contributed by atoms with Crippen molar-refractivity contribution in [3.63, 3.8) is 0 Å². The standard InChI is InChI=1S/C14H17F3N4O2/c1-2-23-13(22)9-8-19-12(20-9)6-5-11(18)21-7-3-4-10(21)14(15,16)17/h5-6,8,10,18H,2-4,7H2,1H3,(H,19,20)/b6-5-,18-11?. The summed E-state index contributed by atoms with van der Waals surface area (Å²) < 4.78 is 43.4. The van der Waals surface area contributed by atoms with Crippen LogP contribution in [0.25, 0.3) is 6.08 Å². The molecule has 1 unspecified atom stereocenters. The van der Waals surface area contributed by atoms with E-state index in [1.54, 1.807) is 6.92 Å². The Morgan fingerprint density at radius 1 is 1.61 bits per heavy atom. The topological polar surface area (TPSA) is 82.1 Å². The molecule has 0 bridgehead atoms. The van der Waals surface area contributed by atoms with E-state index in [1.807, 2.05) is 0 Å². The molecule has 6 nitrogen and oxygen atoms in total. The normalized spacial score (nSPS) is 18.6. The first-order chi connectivity index (χ1) is 10.8. The van der Waals surface area contributed by atoms with Crippen molar-refractivity contribution in [1.29, 1.82) is 5.41 Å². The highest BCUT2D eigenvalue weighted by Gasteiger charge is 2.46. The summed E-state index contributed by atoms with van der Waals surface area (Å²) in [6.45, 7) is 2.09. The van der Waals surface area contributed by atoms with Crippen LogP contribution in [0.4, 0.5) is 13.2 Å². The van der Waals surface area contributed by atoms with Gasteiger partial charge in [-0.25, -0.2) is 9.78 Å². The van der Waals surface area contributed by atoms with Gasteiger partial charge in [0, 0.05) is 6.54 Å². The van der Waals surface area contributed by atoms with Gasteiger partial charge in [0.1, 0.15) is 23.4 Å². The summed E-state index contributed by atoms with van der Waals surface area (Å²) in [6.07, 6.45) is -0.0929. The van der Waals surface area contributed by atoms with Crippen LogP contribution in [0.1, 0.15) is 36.1 Å². The number of ether oxygens (including phenoxy) is 1. The van der Waals surface area contributed by atoms with E-state index >= 15 is 0 Å². The predicted molar refractivity (Wildman–Crippen MR) is 77.1 cm³/mol. The number of nitrogens with one attached hydrogen (secondary N) is 2. The molecule has 1 aromatic rings. The lowest BCUT2D eigenvalue weighted by Crippen LogP contribution is -2.43. The highest BCUT2D eigenvalue weighted by atomic mass is 19.4. The third kappa shape index (κ3) is 4.11. The molecule has 1 aliphatic rings. The fraction of sp³-hybridized carbons (Fsp3) is 0.500. The van der Waals surface area contributed by atoms with E-state index in [-0.39, 0.29) is 36.9 Å². The lowest BCUT2D eigenvalue weighted by molar-refractivity contribution is -0.166. The van der Waals surface area contributed by atoms with E-state index in [9.17, 15) is 18.0 Å². The van der Waals surface area contributed by atoms with Crippen LogP contribution < -0.4 is 0 Å². The second-order valence-electron chi connectivity index (χ2n) is 5.01. The molecule has 1 aromatic heterocycles. The monoisotopic (exact) mass is 330 g/mol. The van der Waals surface area contributed by atoms with Gasteiger partial charge < -0.3 is 14.6 Å². The molecule has 126 valence electrons. The predicted octanol–water partition coefficient (Wildman–Crippen LogP) is 2.60. The molecule has 2 heterocycles. The van der Waals surface area contributed by atoms with Crippen LogP contribution in [0.3, 0.4) is 0 Å². The molecule has 0 spiro atoms. The Bertz CT molecular complexity index is 609. The van der Waals surface area contributed by atoms with Crippen molar-refractivity contribution >= 4 is 17.9 Å². The van der Waals surface area contributed by atoms with Crippen LogP contribution in [0.2, 0.25) is 0 Å². The summed E-state index contributed by atoms with van der Waals surface area (Å²) in [5.41, 5.74) is 0.146. The van der Waals surface area contributed by atoms with E-state index in [0.717, 1.165) is 4.90 Å². The number of likely N-dealkylation sites (tertiary alicyclic amines) is 1. The van der Waals surface area contributed by atoms with E-state index in [4.69, 9.17) is 10.1 Å². The zero-order chi connectivity index (χ0) is 17.0. The Kier molecular flexibility index (Phi) is 5.07. The number of hydrogen-bond donors (Lipinski definition) is 2. The maximum absolute atomic E-state index is 12.9. The van der Waals surface area contributed by atoms with Crippen LogP contribution in [-0.4, -0.2) is 52.0 Å². The molecule has 0 aromatic carbocycles. The number of H-pyrrole nitrogens is 1. The lowest BCUT2D eigenvalue weighted by atomic mass is 10.2. The Balaban J connectivity index is 2.02. The van der Waals surface area contributed by atoms with Gasteiger partial charge in [-0.2, -0.15) is 13.2 Å². The van der Waals surface area contributed by atoms with Gasteiger partial charge in [-0.3, -0.25) is 5.41 Å². The highest BCUT2D eigenvalue weighted by molar-refractivity contribution is 5.94. The van der Waals surface area contributed by atoms with Crippen molar-refractivity contribution in [2.24, 2.45) is 0 Å². The van der Waals surface area contributed by atoms with E-state index < -0.39 is 18.2 Å². The second kappa shape index (κ2) is 6.84. The van der Waals surface area contributed by atoms with Crippen LogP contribution in [0.5, 0.6) is 0 Å². The van der Waals surface area contributed by atoms with Gasteiger partial charge in [0.05, 0.1) is 12.8 Å². The zero-order valence-electron chi connectivity index (χ0n) is 12.5. The van der Waals surface area contributed by atoms with Crippen LogP contribution in [0, 0.1) is 5.41 Å². The maximum Gasteiger partial charge on any atom is 0.408 e. The smallest absolute Gasteiger partial charge is 0.408 e. The number of halogens is 3. The summed E-state index contributed by atoms with van der Waals surface area (Å²) in [5, 5.41) is 7.81. The van der Waals surface area contributed by atoms with Crippen molar-refractivity contribution in [1.82, 2.24) is 14.9 Å². The van der Waals surface area contributed by atoms with Gasteiger partial charge in [0.25, 0.3) is 0 Å². The number of carbonyl (C=O) groups is 1. The first kappa shape index (κ1) is 17.0. The molecule has 0 saturated carbocycles. The molecule has 2 rings (SSSR count). The number of esters is 1. The molecule has 1 fully saturated rings. The summed E-state index contributed by atoms with van der Waals surface area (Å²) in [5.74, 6) is -0.536. The average Bonchev–Trinajstić information content (AvgIpc) is 3.13. The van der Waals surface area contributed by atoms with Crippen LogP contribution in [0.15, 0.2) is 12.3 Å². The van der Waals surface area contributed by atoms with Crippen molar-refractivity contribution in [2.75, 3.05) is 13.2 Å². The molecule has 1 atom stereocenters. The number of hydrogen-bond acceptors (Lipinski definition) is 4. The number of aromatic amines is 1. The first-order valence-electron chi connectivity index (χ1n) is 7.15. The van der Waals surface area contributed by atoms with Crippen molar-refractivity contribution in [2.45, 2.75) is 32.0 Å². The van der Waals surface area contributed by atoms with Gasteiger partial charge in [0.2, 0.25) is 0 Å².